The van der Waals surface area contributed by atoms with E-state index in [0.717, 1.165) is 11.3 Å². The molecule has 0 aliphatic carbocycles. The van der Waals surface area contributed by atoms with Gasteiger partial charge in [0, 0.05) is 16.5 Å². The monoisotopic (exact) mass is 587 g/mol. The van der Waals surface area contributed by atoms with Crippen LogP contribution in [0.3, 0.4) is 0 Å². The molecule has 3 aromatic carbocycles. The molecule has 0 bridgehead atoms. The summed E-state index contributed by atoms with van der Waals surface area (Å²) >= 11 is 2.17. The summed E-state index contributed by atoms with van der Waals surface area (Å²) in [6.07, 6.45) is 0. The average molecular weight is 588 g/mol. The van der Waals surface area contributed by atoms with E-state index >= 15 is 0 Å². The van der Waals surface area contributed by atoms with Crippen LogP contribution in [0.25, 0.3) is 0 Å². The highest BCUT2D eigenvalue weighted by Gasteiger charge is 2.56. The van der Waals surface area contributed by atoms with E-state index in [2.05, 4.69) is 5.32 Å². The van der Waals surface area contributed by atoms with Gasteiger partial charge in [0.2, 0.25) is 17.7 Å². The zero-order valence-electron chi connectivity index (χ0n) is 22.1. The topological polar surface area (TPSA) is 107 Å². The van der Waals surface area contributed by atoms with Crippen molar-refractivity contribution in [2.45, 2.75) is 22.7 Å². The summed E-state index contributed by atoms with van der Waals surface area (Å²) in [4.78, 5) is 55.6. The SMILES string of the molecule is COc1ccc(C2c3sc(=O)n(CC(=O)Nc4ccccc4)c3SC3C(=O)N(c4ccccc4)C(=O)C32)cc1OC. The maximum atomic E-state index is 14.0. The standard InChI is InChI=1S/C30H25N3O6S2/c1-38-20-14-13-17(15-21(20)39-2)23-24-25(28(36)33(27(24)35)19-11-7-4-8-12-19)40-29-26(23)41-30(37)32(29)16-22(34)31-18-9-5-3-6-10-18/h3-15,23-25H,16H2,1-2H3,(H,31,34). The second kappa shape index (κ2) is 10.9. The molecule has 11 heteroatoms. The predicted octanol–water partition coefficient (Wildman–Crippen LogP) is 4.36. The van der Waals surface area contributed by atoms with Crippen molar-refractivity contribution in [3.05, 3.63) is 99.0 Å². The van der Waals surface area contributed by atoms with E-state index in [1.165, 1.54) is 35.4 Å². The summed E-state index contributed by atoms with van der Waals surface area (Å²) in [7, 11) is 3.06. The van der Waals surface area contributed by atoms with Crippen LogP contribution in [0.2, 0.25) is 0 Å². The smallest absolute Gasteiger partial charge is 0.308 e. The number of para-hydroxylation sites is 2. The highest BCUT2D eigenvalue weighted by molar-refractivity contribution is 8.00. The maximum Gasteiger partial charge on any atom is 0.308 e. The highest BCUT2D eigenvalue weighted by Crippen LogP contribution is 2.54. The van der Waals surface area contributed by atoms with Crippen LogP contribution in [-0.4, -0.2) is 41.8 Å². The second-order valence-corrected chi connectivity index (χ2v) is 11.7. The minimum absolute atomic E-state index is 0.229. The first kappa shape index (κ1) is 26.9. The number of benzene rings is 3. The number of aromatic nitrogens is 1. The number of ether oxygens (including phenoxy) is 2. The molecule has 2 aliphatic heterocycles. The molecule has 9 nitrogen and oxygen atoms in total. The van der Waals surface area contributed by atoms with Gasteiger partial charge in [0.05, 0.1) is 30.9 Å². The Hall–Kier alpha value is -4.35. The van der Waals surface area contributed by atoms with E-state index in [1.807, 2.05) is 18.2 Å². The number of rotatable bonds is 7. The van der Waals surface area contributed by atoms with Crippen LogP contribution in [0.4, 0.5) is 11.4 Å². The van der Waals surface area contributed by atoms with Crippen molar-refractivity contribution < 1.29 is 23.9 Å². The van der Waals surface area contributed by atoms with Gasteiger partial charge in [-0.3, -0.25) is 23.7 Å². The fraction of sp³-hybridized carbons (Fsp3) is 0.200. The highest BCUT2D eigenvalue weighted by atomic mass is 32.2. The molecule has 2 aliphatic rings. The molecular weight excluding hydrogens is 562 g/mol. The normalized spacial score (nSPS) is 19.5. The molecule has 3 heterocycles. The molecule has 3 unspecified atom stereocenters. The summed E-state index contributed by atoms with van der Waals surface area (Å²) in [6.45, 7) is -0.229. The Morgan fingerprint density at radius 3 is 2.24 bits per heavy atom. The first-order valence-electron chi connectivity index (χ1n) is 12.8. The fourth-order valence-electron chi connectivity index (χ4n) is 5.36. The van der Waals surface area contributed by atoms with E-state index in [-0.39, 0.29) is 29.1 Å². The van der Waals surface area contributed by atoms with Crippen molar-refractivity contribution in [1.29, 1.82) is 0 Å². The van der Waals surface area contributed by atoms with Crippen LogP contribution >= 0.6 is 23.1 Å². The van der Waals surface area contributed by atoms with Gasteiger partial charge in [-0.15, -0.1) is 0 Å². The molecule has 208 valence electrons. The van der Waals surface area contributed by atoms with E-state index in [4.69, 9.17) is 9.47 Å². The van der Waals surface area contributed by atoms with Crippen molar-refractivity contribution >= 4 is 52.2 Å². The number of thioether (sulfide) groups is 1. The number of hydrogen-bond acceptors (Lipinski definition) is 8. The van der Waals surface area contributed by atoms with Crippen molar-refractivity contribution in [3.8, 4) is 11.5 Å². The number of methoxy groups -OCH3 is 2. The molecular formula is C30H25N3O6S2. The maximum absolute atomic E-state index is 14.0. The number of nitrogens with zero attached hydrogens (tertiary/aromatic N) is 2. The predicted molar refractivity (Wildman–Crippen MR) is 157 cm³/mol. The van der Waals surface area contributed by atoms with Gasteiger partial charge in [-0.2, -0.15) is 0 Å². The molecule has 0 spiro atoms. The first-order valence-corrected chi connectivity index (χ1v) is 14.5. The molecule has 3 atom stereocenters. The summed E-state index contributed by atoms with van der Waals surface area (Å²) in [5.41, 5.74) is 1.81. The summed E-state index contributed by atoms with van der Waals surface area (Å²) in [5.74, 6) is -1.46. The number of hydrogen-bond donors (Lipinski definition) is 1. The van der Waals surface area contributed by atoms with Gasteiger partial charge < -0.3 is 14.8 Å². The summed E-state index contributed by atoms with van der Waals surface area (Å²) < 4.78 is 12.3. The zero-order chi connectivity index (χ0) is 28.7. The van der Waals surface area contributed by atoms with Crippen LogP contribution in [-0.2, 0) is 20.9 Å². The molecule has 4 aromatic rings. The second-order valence-electron chi connectivity index (χ2n) is 9.54. The van der Waals surface area contributed by atoms with Crippen molar-refractivity contribution in [1.82, 2.24) is 4.57 Å². The van der Waals surface area contributed by atoms with Crippen molar-refractivity contribution in [2.24, 2.45) is 5.92 Å². The van der Waals surface area contributed by atoms with E-state index in [0.29, 0.717) is 38.3 Å². The Balaban J connectivity index is 1.45. The molecule has 1 aromatic heterocycles. The number of imide groups is 1. The van der Waals surface area contributed by atoms with E-state index < -0.39 is 17.1 Å². The third-order valence-electron chi connectivity index (χ3n) is 7.19. The van der Waals surface area contributed by atoms with E-state index in [1.54, 1.807) is 60.7 Å². The molecule has 1 N–H and O–H groups in total. The van der Waals surface area contributed by atoms with Crippen LogP contribution in [0.1, 0.15) is 16.4 Å². The molecule has 1 fully saturated rings. The summed E-state index contributed by atoms with van der Waals surface area (Å²) in [5, 5.41) is 2.54. The summed E-state index contributed by atoms with van der Waals surface area (Å²) in [6, 6.07) is 23.1. The minimum atomic E-state index is -0.786. The van der Waals surface area contributed by atoms with Gasteiger partial charge in [-0.25, -0.2) is 4.90 Å². The van der Waals surface area contributed by atoms with Crippen LogP contribution < -0.4 is 24.6 Å². The van der Waals surface area contributed by atoms with Crippen LogP contribution in [0, 0.1) is 5.92 Å². The van der Waals surface area contributed by atoms with Crippen molar-refractivity contribution in [2.75, 3.05) is 24.4 Å². The molecule has 1 saturated heterocycles. The number of thiazole rings is 1. The molecule has 0 saturated carbocycles. The zero-order valence-corrected chi connectivity index (χ0v) is 23.7. The molecule has 41 heavy (non-hydrogen) atoms. The van der Waals surface area contributed by atoms with Gasteiger partial charge in [0.1, 0.15) is 11.8 Å². The van der Waals surface area contributed by atoms with E-state index in [9.17, 15) is 19.2 Å². The Morgan fingerprint density at radius 1 is 0.878 bits per heavy atom. The molecule has 6 rings (SSSR count). The first-order chi connectivity index (χ1) is 19.9. The van der Waals surface area contributed by atoms with Crippen molar-refractivity contribution in [3.63, 3.8) is 0 Å². The van der Waals surface area contributed by atoms with Crippen LogP contribution in [0.15, 0.2) is 88.7 Å². The number of fused-ring (bicyclic) bond motifs is 2. The fourth-order valence-corrected chi connectivity index (χ4v) is 8.13. The molecule has 3 amide bonds. The third-order valence-corrected chi connectivity index (χ3v) is 9.79. The lowest BCUT2D eigenvalue weighted by atomic mass is 9.83. The number of carbonyl (C=O) groups excluding carboxylic acids is 3. The Bertz CT molecular complexity index is 1700. The number of nitrogens with one attached hydrogen (secondary N) is 1. The van der Waals surface area contributed by atoms with Gasteiger partial charge in [-0.05, 0) is 42.0 Å². The quantitative estimate of drug-likeness (QED) is 0.320. The number of amides is 3. The minimum Gasteiger partial charge on any atom is -0.493 e. The lowest BCUT2D eigenvalue weighted by molar-refractivity contribution is -0.122. The van der Waals surface area contributed by atoms with Gasteiger partial charge in [0.15, 0.2) is 11.5 Å². The number of anilines is 2. The van der Waals surface area contributed by atoms with Gasteiger partial charge >= 0.3 is 4.87 Å². The lowest BCUT2D eigenvalue weighted by Crippen LogP contribution is -2.33. The molecule has 0 radical (unpaired) electrons. The van der Waals surface area contributed by atoms with Gasteiger partial charge in [-0.1, -0.05) is 65.6 Å². The average Bonchev–Trinajstić information content (AvgIpc) is 3.43. The lowest BCUT2D eigenvalue weighted by Gasteiger charge is -2.31. The largest absolute Gasteiger partial charge is 0.493 e. The Labute approximate surface area is 243 Å². The Morgan fingerprint density at radius 2 is 1.56 bits per heavy atom. The Kier molecular flexibility index (Phi) is 7.14. The number of carbonyl (C=O) groups is 3. The van der Waals surface area contributed by atoms with Gasteiger partial charge in [0.25, 0.3) is 0 Å². The third kappa shape index (κ3) is 4.70. The van der Waals surface area contributed by atoms with Crippen LogP contribution in [0.5, 0.6) is 11.5 Å².